The van der Waals surface area contributed by atoms with Crippen molar-refractivity contribution in [3.63, 3.8) is 0 Å². The minimum Gasteiger partial charge on any atom is -0.241 e. The molecule has 0 aliphatic carbocycles. The highest BCUT2D eigenvalue weighted by Crippen LogP contribution is 2.00. The molecule has 0 N–H and O–H groups in total. The third kappa shape index (κ3) is 1.17. The third-order valence-corrected chi connectivity index (χ3v) is 0.899. The van der Waals surface area contributed by atoms with Crippen LogP contribution in [0.3, 0.4) is 0 Å². The fourth-order valence-electron chi connectivity index (χ4n) is 0.380. The topological polar surface area (TPSA) is 25.8 Å². The second-order valence-corrected chi connectivity index (χ2v) is 1.73. The van der Waals surface area contributed by atoms with Gasteiger partial charge in [0.1, 0.15) is 11.5 Å². The summed E-state index contributed by atoms with van der Waals surface area (Å²) < 4.78 is 0. The van der Waals surface area contributed by atoms with Gasteiger partial charge in [-0.2, -0.15) is 0 Å². The Kier molecular flexibility index (Phi) is 1.44. The van der Waals surface area contributed by atoms with Crippen LogP contribution in [0.15, 0.2) is 6.33 Å². The molecule has 1 radical (unpaired) electrons. The van der Waals surface area contributed by atoms with Crippen molar-refractivity contribution in [2.24, 2.45) is 0 Å². The van der Waals surface area contributed by atoms with Crippen molar-refractivity contribution < 1.29 is 0 Å². The summed E-state index contributed by atoms with van der Waals surface area (Å²) in [5, 5.41) is 0.373. The van der Waals surface area contributed by atoms with Crippen LogP contribution in [0.25, 0.3) is 0 Å². The Hall–Kier alpha value is -0.630. The predicted molar refractivity (Wildman–Crippen MR) is 30.6 cm³/mol. The minimum atomic E-state index is 0.373. The van der Waals surface area contributed by atoms with Crippen molar-refractivity contribution in [2.75, 3.05) is 0 Å². The molecule has 0 aromatic carbocycles. The summed E-state index contributed by atoms with van der Waals surface area (Å²) in [6.45, 7) is 1.81. The molecular formula is C5H4ClN2. The van der Waals surface area contributed by atoms with Crippen LogP contribution < -0.4 is 0 Å². The van der Waals surface area contributed by atoms with Crippen molar-refractivity contribution in [1.29, 1.82) is 0 Å². The lowest BCUT2D eigenvalue weighted by atomic mass is 10.5. The SMILES string of the molecule is Cc1[c]c(Cl)ncn1. The molecule has 2 nitrogen and oxygen atoms in total. The van der Waals surface area contributed by atoms with Crippen molar-refractivity contribution >= 4 is 11.6 Å². The fourth-order valence-corrected chi connectivity index (χ4v) is 0.560. The van der Waals surface area contributed by atoms with E-state index in [2.05, 4.69) is 16.0 Å². The van der Waals surface area contributed by atoms with E-state index in [1.165, 1.54) is 6.33 Å². The van der Waals surface area contributed by atoms with E-state index in [0.29, 0.717) is 5.15 Å². The van der Waals surface area contributed by atoms with E-state index in [0.717, 1.165) is 5.69 Å². The Morgan fingerprint density at radius 2 is 2.38 bits per heavy atom. The van der Waals surface area contributed by atoms with Crippen LogP contribution in [0, 0.1) is 13.0 Å². The molecule has 0 aliphatic rings. The smallest absolute Gasteiger partial charge is 0.140 e. The van der Waals surface area contributed by atoms with E-state index in [1.807, 2.05) is 6.92 Å². The Morgan fingerprint density at radius 3 is 2.75 bits per heavy atom. The van der Waals surface area contributed by atoms with Gasteiger partial charge < -0.3 is 0 Å². The van der Waals surface area contributed by atoms with Gasteiger partial charge in [0.2, 0.25) is 0 Å². The van der Waals surface area contributed by atoms with Gasteiger partial charge >= 0.3 is 0 Å². The number of hydrogen-bond donors (Lipinski definition) is 0. The molecule has 0 saturated carbocycles. The molecule has 0 bridgehead atoms. The molecule has 0 spiro atoms. The number of aryl methyl sites for hydroxylation is 1. The molecular weight excluding hydrogens is 124 g/mol. The molecule has 1 aromatic heterocycles. The van der Waals surface area contributed by atoms with Crippen molar-refractivity contribution in [2.45, 2.75) is 6.92 Å². The van der Waals surface area contributed by atoms with Gasteiger partial charge in [0, 0.05) is 6.07 Å². The molecule has 1 rings (SSSR count). The lowest BCUT2D eigenvalue weighted by molar-refractivity contribution is 1.10. The van der Waals surface area contributed by atoms with Crippen molar-refractivity contribution in [3.05, 3.63) is 23.2 Å². The van der Waals surface area contributed by atoms with Gasteiger partial charge in [0.25, 0.3) is 0 Å². The molecule has 0 aliphatic heterocycles. The summed E-state index contributed by atoms with van der Waals surface area (Å²) in [6, 6.07) is 2.71. The molecule has 1 aromatic rings. The van der Waals surface area contributed by atoms with Crippen LogP contribution in [0.5, 0.6) is 0 Å². The van der Waals surface area contributed by atoms with Crippen LogP contribution in [0.2, 0.25) is 5.15 Å². The number of rotatable bonds is 0. The predicted octanol–water partition coefficient (Wildman–Crippen LogP) is 1.24. The Bertz CT molecular complexity index is 170. The zero-order chi connectivity index (χ0) is 5.98. The van der Waals surface area contributed by atoms with E-state index in [1.54, 1.807) is 0 Å². The maximum absolute atomic E-state index is 5.44. The first kappa shape index (κ1) is 5.51. The maximum atomic E-state index is 5.44. The highest BCUT2D eigenvalue weighted by atomic mass is 35.5. The zero-order valence-corrected chi connectivity index (χ0v) is 5.11. The average Bonchev–Trinajstić information content (AvgIpc) is 1.64. The molecule has 41 valence electrons. The number of hydrogen-bond acceptors (Lipinski definition) is 2. The molecule has 8 heavy (non-hydrogen) atoms. The van der Waals surface area contributed by atoms with E-state index >= 15 is 0 Å². The summed E-state index contributed by atoms with van der Waals surface area (Å²) in [6.07, 6.45) is 1.41. The van der Waals surface area contributed by atoms with Gasteiger partial charge in [-0.15, -0.1) is 0 Å². The van der Waals surface area contributed by atoms with Gasteiger partial charge in [0.15, 0.2) is 0 Å². The monoisotopic (exact) mass is 127 g/mol. The second kappa shape index (κ2) is 2.09. The van der Waals surface area contributed by atoms with Crippen molar-refractivity contribution in [1.82, 2.24) is 9.97 Å². The van der Waals surface area contributed by atoms with Gasteiger partial charge in [-0.05, 0) is 6.92 Å². The first-order chi connectivity index (χ1) is 3.79. The molecule has 0 amide bonds. The largest absolute Gasteiger partial charge is 0.241 e. The van der Waals surface area contributed by atoms with Gasteiger partial charge in [-0.3, -0.25) is 0 Å². The van der Waals surface area contributed by atoms with E-state index in [9.17, 15) is 0 Å². The Labute approximate surface area is 52.5 Å². The van der Waals surface area contributed by atoms with Gasteiger partial charge in [-0.25, -0.2) is 9.97 Å². The summed E-state index contributed by atoms with van der Waals surface area (Å²) in [7, 11) is 0. The van der Waals surface area contributed by atoms with Crippen LogP contribution in [-0.2, 0) is 0 Å². The summed E-state index contributed by atoms with van der Waals surface area (Å²) in [5.74, 6) is 0. The highest BCUT2D eigenvalue weighted by molar-refractivity contribution is 6.29. The maximum Gasteiger partial charge on any atom is 0.140 e. The first-order valence-electron chi connectivity index (χ1n) is 2.15. The third-order valence-electron chi connectivity index (χ3n) is 0.707. The average molecular weight is 128 g/mol. The summed E-state index contributed by atoms with van der Waals surface area (Å²) >= 11 is 5.44. The zero-order valence-electron chi connectivity index (χ0n) is 4.35. The van der Waals surface area contributed by atoms with Crippen LogP contribution in [0.4, 0.5) is 0 Å². The Morgan fingerprint density at radius 1 is 1.62 bits per heavy atom. The summed E-state index contributed by atoms with van der Waals surface area (Å²) in [5.41, 5.74) is 0.769. The normalized spacial score (nSPS) is 9.25. The molecule has 0 fully saturated rings. The molecule has 1 heterocycles. The van der Waals surface area contributed by atoms with E-state index in [-0.39, 0.29) is 0 Å². The second-order valence-electron chi connectivity index (χ2n) is 1.37. The van der Waals surface area contributed by atoms with E-state index in [4.69, 9.17) is 11.6 Å². The van der Waals surface area contributed by atoms with E-state index < -0.39 is 0 Å². The van der Waals surface area contributed by atoms with Gasteiger partial charge in [-0.1, -0.05) is 11.6 Å². The molecule has 0 atom stereocenters. The number of nitrogens with zero attached hydrogens (tertiary/aromatic N) is 2. The summed E-state index contributed by atoms with van der Waals surface area (Å²) in [4.78, 5) is 7.43. The Balaban J connectivity index is 3.08. The lowest BCUT2D eigenvalue weighted by Crippen LogP contribution is -1.81. The van der Waals surface area contributed by atoms with Crippen LogP contribution in [-0.4, -0.2) is 9.97 Å². The van der Waals surface area contributed by atoms with Crippen molar-refractivity contribution in [3.8, 4) is 0 Å². The number of aromatic nitrogens is 2. The number of halogens is 1. The standard InChI is InChI=1S/C5H4ClN2/c1-4-2-5(6)8-3-7-4/h3H,1H3. The molecule has 3 heteroatoms. The minimum absolute atomic E-state index is 0.373. The highest BCUT2D eigenvalue weighted by Gasteiger charge is 1.86. The first-order valence-corrected chi connectivity index (χ1v) is 2.53. The van der Waals surface area contributed by atoms with Gasteiger partial charge in [0.05, 0.1) is 5.69 Å². The fraction of sp³-hybridized carbons (Fsp3) is 0.200. The molecule has 0 saturated heterocycles. The van der Waals surface area contributed by atoms with Crippen LogP contribution in [0.1, 0.15) is 5.69 Å². The van der Waals surface area contributed by atoms with Crippen LogP contribution >= 0.6 is 11.6 Å². The quantitative estimate of drug-likeness (QED) is 0.490. The molecule has 0 unspecified atom stereocenters. The lowest BCUT2D eigenvalue weighted by Gasteiger charge is -1.86.